The standard InChI is InChI=1S/C14H17ClF3NO/c15-11-3-5-12(6-4-11)20-13-2-1-8-19(10-13)9-7-14(16,17)18/h3-6,13H,1-2,7-10H2/t13-/m1/s1. The van der Waals surface area contributed by atoms with Gasteiger partial charge in [-0.1, -0.05) is 11.6 Å². The number of hydrogen-bond donors (Lipinski definition) is 0. The molecule has 0 bridgehead atoms. The summed E-state index contributed by atoms with van der Waals surface area (Å²) >= 11 is 5.79. The van der Waals surface area contributed by atoms with E-state index in [1.165, 1.54) is 0 Å². The van der Waals surface area contributed by atoms with Gasteiger partial charge in [0.05, 0.1) is 6.42 Å². The fraction of sp³-hybridized carbons (Fsp3) is 0.571. The third-order valence-electron chi connectivity index (χ3n) is 3.29. The number of benzene rings is 1. The number of ether oxygens (including phenoxy) is 1. The molecule has 0 aromatic heterocycles. The topological polar surface area (TPSA) is 12.5 Å². The molecule has 0 N–H and O–H groups in total. The molecule has 6 heteroatoms. The molecule has 1 atom stereocenters. The molecule has 1 aliphatic heterocycles. The molecule has 2 nitrogen and oxygen atoms in total. The van der Waals surface area contributed by atoms with Crippen LogP contribution in [-0.4, -0.2) is 36.8 Å². The van der Waals surface area contributed by atoms with Crippen LogP contribution in [0.5, 0.6) is 5.75 Å². The van der Waals surface area contributed by atoms with Crippen LogP contribution < -0.4 is 4.74 Å². The van der Waals surface area contributed by atoms with E-state index in [0.717, 1.165) is 12.8 Å². The highest BCUT2D eigenvalue weighted by Crippen LogP contribution is 2.23. The number of piperidine rings is 1. The van der Waals surface area contributed by atoms with Gasteiger partial charge in [-0.25, -0.2) is 0 Å². The van der Waals surface area contributed by atoms with Crippen molar-refractivity contribution in [2.24, 2.45) is 0 Å². The predicted molar refractivity (Wildman–Crippen MR) is 72.2 cm³/mol. The lowest BCUT2D eigenvalue weighted by Crippen LogP contribution is -2.42. The molecule has 0 unspecified atom stereocenters. The normalized spacial score (nSPS) is 20.9. The molecule has 1 heterocycles. The second-order valence-electron chi connectivity index (χ2n) is 5.00. The second kappa shape index (κ2) is 6.68. The van der Waals surface area contributed by atoms with Crippen LogP contribution in [0.4, 0.5) is 13.2 Å². The number of nitrogens with zero attached hydrogens (tertiary/aromatic N) is 1. The van der Waals surface area contributed by atoms with Crippen molar-refractivity contribution in [3.8, 4) is 5.75 Å². The molecule has 112 valence electrons. The minimum absolute atomic E-state index is 0.0456. The summed E-state index contributed by atoms with van der Waals surface area (Å²) in [5, 5.41) is 0.632. The van der Waals surface area contributed by atoms with Crippen molar-refractivity contribution in [1.29, 1.82) is 0 Å². The van der Waals surface area contributed by atoms with Crippen LogP contribution in [0.15, 0.2) is 24.3 Å². The summed E-state index contributed by atoms with van der Waals surface area (Å²) in [5.74, 6) is 0.706. The Kier molecular flexibility index (Phi) is 5.16. The van der Waals surface area contributed by atoms with Crippen LogP contribution in [0.2, 0.25) is 5.02 Å². The lowest BCUT2D eigenvalue weighted by atomic mass is 10.1. The van der Waals surface area contributed by atoms with Crippen molar-refractivity contribution < 1.29 is 17.9 Å². The summed E-state index contributed by atoms with van der Waals surface area (Å²) in [6.07, 6.45) is -3.19. The number of hydrogen-bond acceptors (Lipinski definition) is 2. The van der Waals surface area contributed by atoms with Gasteiger partial charge in [0.1, 0.15) is 11.9 Å². The van der Waals surface area contributed by atoms with E-state index in [2.05, 4.69) is 0 Å². The Morgan fingerprint density at radius 2 is 1.95 bits per heavy atom. The Morgan fingerprint density at radius 3 is 2.60 bits per heavy atom. The Labute approximate surface area is 121 Å². The van der Waals surface area contributed by atoms with E-state index in [1.807, 2.05) is 4.90 Å². The smallest absolute Gasteiger partial charge is 0.390 e. The zero-order valence-electron chi connectivity index (χ0n) is 11.0. The highest BCUT2D eigenvalue weighted by Gasteiger charge is 2.29. The van der Waals surface area contributed by atoms with Gasteiger partial charge in [0, 0.05) is 18.1 Å². The molecule has 1 saturated heterocycles. The highest BCUT2D eigenvalue weighted by molar-refractivity contribution is 6.30. The average molecular weight is 308 g/mol. The molecular formula is C14H17ClF3NO. The van der Waals surface area contributed by atoms with Crippen LogP contribution in [0.25, 0.3) is 0 Å². The molecule has 1 fully saturated rings. The summed E-state index contributed by atoms with van der Waals surface area (Å²) in [5.41, 5.74) is 0. The van der Waals surface area contributed by atoms with Gasteiger partial charge in [0.2, 0.25) is 0 Å². The molecule has 0 spiro atoms. The van der Waals surface area contributed by atoms with Crippen LogP contribution in [0, 0.1) is 0 Å². The van der Waals surface area contributed by atoms with Gasteiger partial charge in [-0.2, -0.15) is 13.2 Å². The minimum Gasteiger partial charge on any atom is -0.489 e. The lowest BCUT2D eigenvalue weighted by Gasteiger charge is -2.33. The first-order chi connectivity index (χ1) is 9.42. The van der Waals surface area contributed by atoms with Crippen LogP contribution >= 0.6 is 11.6 Å². The largest absolute Gasteiger partial charge is 0.489 e. The number of likely N-dealkylation sites (tertiary alicyclic amines) is 1. The fourth-order valence-electron chi connectivity index (χ4n) is 2.30. The predicted octanol–water partition coefficient (Wildman–Crippen LogP) is 4.14. The van der Waals surface area contributed by atoms with Gasteiger partial charge >= 0.3 is 6.18 Å². The molecule has 0 saturated carbocycles. The third-order valence-corrected chi connectivity index (χ3v) is 3.54. The maximum absolute atomic E-state index is 12.2. The van der Waals surface area contributed by atoms with E-state index in [1.54, 1.807) is 24.3 Å². The van der Waals surface area contributed by atoms with Crippen molar-refractivity contribution in [2.75, 3.05) is 19.6 Å². The first-order valence-corrected chi connectivity index (χ1v) is 7.01. The molecule has 1 aliphatic rings. The molecule has 1 aromatic rings. The van der Waals surface area contributed by atoms with Crippen LogP contribution in [-0.2, 0) is 0 Å². The van der Waals surface area contributed by atoms with Crippen molar-refractivity contribution in [2.45, 2.75) is 31.5 Å². The number of halogens is 4. The van der Waals surface area contributed by atoms with Crippen molar-refractivity contribution in [1.82, 2.24) is 4.90 Å². The van der Waals surface area contributed by atoms with Crippen LogP contribution in [0.1, 0.15) is 19.3 Å². The molecule has 2 rings (SSSR count). The summed E-state index contributed by atoms with van der Waals surface area (Å²) in [7, 11) is 0. The van der Waals surface area contributed by atoms with E-state index in [-0.39, 0.29) is 12.6 Å². The fourth-order valence-corrected chi connectivity index (χ4v) is 2.43. The molecule has 0 aliphatic carbocycles. The Morgan fingerprint density at radius 1 is 1.25 bits per heavy atom. The van der Waals surface area contributed by atoms with Crippen molar-refractivity contribution in [3.63, 3.8) is 0 Å². The zero-order valence-corrected chi connectivity index (χ0v) is 11.8. The van der Waals surface area contributed by atoms with E-state index >= 15 is 0 Å². The SMILES string of the molecule is FC(F)(F)CCN1CCC[C@@H](Oc2ccc(Cl)cc2)C1. The zero-order chi connectivity index (χ0) is 14.6. The summed E-state index contributed by atoms with van der Waals surface area (Å²) < 4.78 is 42.5. The molecule has 0 amide bonds. The Hall–Kier alpha value is -0.940. The monoisotopic (exact) mass is 307 g/mol. The first kappa shape index (κ1) is 15.4. The molecule has 0 radical (unpaired) electrons. The van der Waals surface area contributed by atoms with E-state index in [9.17, 15) is 13.2 Å². The molecular weight excluding hydrogens is 291 g/mol. The Bertz CT molecular complexity index is 421. The van der Waals surface area contributed by atoms with Gasteiger partial charge in [-0.3, -0.25) is 4.90 Å². The number of alkyl halides is 3. The van der Waals surface area contributed by atoms with Crippen molar-refractivity contribution >= 4 is 11.6 Å². The Balaban J connectivity index is 1.82. The van der Waals surface area contributed by atoms with Gasteiger partial charge in [0.25, 0.3) is 0 Å². The van der Waals surface area contributed by atoms with E-state index in [4.69, 9.17) is 16.3 Å². The van der Waals surface area contributed by atoms with Gasteiger partial charge < -0.3 is 4.74 Å². The maximum Gasteiger partial charge on any atom is 0.390 e. The van der Waals surface area contributed by atoms with Gasteiger partial charge in [0.15, 0.2) is 0 Å². The van der Waals surface area contributed by atoms with Gasteiger partial charge in [-0.05, 0) is 43.7 Å². The summed E-state index contributed by atoms with van der Waals surface area (Å²) in [4.78, 5) is 1.82. The summed E-state index contributed by atoms with van der Waals surface area (Å²) in [6.45, 7) is 1.29. The summed E-state index contributed by atoms with van der Waals surface area (Å²) in [6, 6.07) is 7.02. The second-order valence-corrected chi connectivity index (χ2v) is 5.44. The quantitative estimate of drug-likeness (QED) is 0.829. The van der Waals surface area contributed by atoms with Gasteiger partial charge in [-0.15, -0.1) is 0 Å². The lowest BCUT2D eigenvalue weighted by molar-refractivity contribution is -0.139. The average Bonchev–Trinajstić information content (AvgIpc) is 2.39. The van der Waals surface area contributed by atoms with Crippen molar-refractivity contribution in [3.05, 3.63) is 29.3 Å². The molecule has 20 heavy (non-hydrogen) atoms. The number of rotatable bonds is 4. The molecule has 1 aromatic carbocycles. The van der Waals surface area contributed by atoms with E-state index in [0.29, 0.717) is 23.9 Å². The third kappa shape index (κ3) is 5.21. The highest BCUT2D eigenvalue weighted by atomic mass is 35.5. The first-order valence-electron chi connectivity index (χ1n) is 6.64. The van der Waals surface area contributed by atoms with Crippen LogP contribution in [0.3, 0.4) is 0 Å². The minimum atomic E-state index is -4.09. The van der Waals surface area contributed by atoms with E-state index < -0.39 is 12.6 Å². The maximum atomic E-state index is 12.2.